The number of hydrogen-bond donors (Lipinski definition) is 1. The van der Waals surface area contributed by atoms with E-state index in [0.717, 1.165) is 16.7 Å². The number of aryl methyl sites for hydroxylation is 2. The maximum absolute atomic E-state index is 13.3. The minimum atomic E-state index is -0.571. The molecular weight excluding hydrogens is 440 g/mol. The molecule has 0 aliphatic carbocycles. The summed E-state index contributed by atoms with van der Waals surface area (Å²) in [7, 11) is 0. The summed E-state index contributed by atoms with van der Waals surface area (Å²) in [5.74, 6) is -0.0142. The number of carbonyl (C=O) groups is 1. The van der Waals surface area contributed by atoms with E-state index in [2.05, 4.69) is 10.3 Å². The number of nitriles is 1. The lowest BCUT2D eigenvalue weighted by molar-refractivity contribution is -0.117. The van der Waals surface area contributed by atoms with Crippen molar-refractivity contribution >= 4 is 17.6 Å². The maximum Gasteiger partial charge on any atom is 0.269 e. The molecule has 0 saturated heterocycles. The third-order valence-corrected chi connectivity index (χ3v) is 5.47. The van der Waals surface area contributed by atoms with E-state index in [-0.39, 0.29) is 17.0 Å². The van der Waals surface area contributed by atoms with Gasteiger partial charge in [-0.3, -0.25) is 14.0 Å². The van der Waals surface area contributed by atoms with Crippen LogP contribution in [0.25, 0.3) is 11.7 Å². The highest BCUT2D eigenvalue weighted by molar-refractivity contribution is 6.01. The van der Waals surface area contributed by atoms with Gasteiger partial charge in [0, 0.05) is 12.7 Å². The molecule has 1 N–H and O–H groups in total. The Morgan fingerprint density at radius 3 is 2.63 bits per heavy atom. The van der Waals surface area contributed by atoms with Crippen molar-refractivity contribution in [1.29, 1.82) is 5.26 Å². The fourth-order valence-electron chi connectivity index (χ4n) is 3.65. The molecule has 0 unspecified atom stereocenters. The van der Waals surface area contributed by atoms with Crippen LogP contribution in [0, 0.1) is 25.2 Å². The van der Waals surface area contributed by atoms with E-state index in [0.29, 0.717) is 24.4 Å². The standard InChI is InChI=1S/C28H24N4O3/c1-19-11-12-24(20(2)16-19)35-27-23(28(34)32-15-7-6-10-25(32)31-27)17-22(18-29)26(33)30-14-13-21-8-4-3-5-9-21/h3-12,15-17H,13-14H2,1-2H3,(H,30,33)/b22-17+. The highest BCUT2D eigenvalue weighted by Crippen LogP contribution is 2.27. The van der Waals surface area contributed by atoms with Crippen LogP contribution in [0.5, 0.6) is 11.6 Å². The number of nitrogens with one attached hydrogen (secondary N) is 1. The summed E-state index contributed by atoms with van der Waals surface area (Å²) in [5, 5.41) is 12.4. The molecule has 1 amide bonds. The molecule has 7 heteroatoms. The number of hydrogen-bond acceptors (Lipinski definition) is 5. The number of amides is 1. The van der Waals surface area contributed by atoms with Gasteiger partial charge in [-0.1, -0.05) is 54.1 Å². The van der Waals surface area contributed by atoms with Crippen molar-refractivity contribution in [3.05, 3.63) is 111 Å². The van der Waals surface area contributed by atoms with E-state index in [9.17, 15) is 14.9 Å². The number of rotatable bonds is 7. The number of carbonyl (C=O) groups excluding carboxylic acids is 1. The van der Waals surface area contributed by atoms with Gasteiger partial charge in [0.25, 0.3) is 11.5 Å². The minimum absolute atomic E-state index is 0.0171. The molecule has 0 bridgehead atoms. The zero-order valence-electron chi connectivity index (χ0n) is 19.5. The van der Waals surface area contributed by atoms with Gasteiger partial charge in [0.15, 0.2) is 0 Å². The van der Waals surface area contributed by atoms with E-state index in [1.54, 1.807) is 30.5 Å². The van der Waals surface area contributed by atoms with Crippen molar-refractivity contribution < 1.29 is 9.53 Å². The quantitative estimate of drug-likeness (QED) is 0.324. The third kappa shape index (κ3) is 5.45. The Labute approximate surface area is 203 Å². The number of benzene rings is 2. The van der Waals surface area contributed by atoms with Gasteiger partial charge in [0.2, 0.25) is 5.88 Å². The number of aromatic nitrogens is 2. The van der Waals surface area contributed by atoms with Gasteiger partial charge in [-0.25, -0.2) is 0 Å². The fraction of sp³-hybridized carbons (Fsp3) is 0.143. The van der Waals surface area contributed by atoms with E-state index < -0.39 is 11.5 Å². The Balaban J connectivity index is 1.69. The molecule has 0 saturated carbocycles. The smallest absolute Gasteiger partial charge is 0.269 e. The van der Waals surface area contributed by atoms with Crippen molar-refractivity contribution in [1.82, 2.24) is 14.7 Å². The predicted molar refractivity (Wildman–Crippen MR) is 134 cm³/mol. The summed E-state index contributed by atoms with van der Waals surface area (Å²) in [6.07, 6.45) is 3.44. The molecule has 0 atom stereocenters. The molecule has 7 nitrogen and oxygen atoms in total. The number of ether oxygens (including phenoxy) is 1. The lowest BCUT2D eigenvalue weighted by atomic mass is 10.1. The van der Waals surface area contributed by atoms with Gasteiger partial charge in [-0.2, -0.15) is 10.2 Å². The number of pyridine rings is 1. The molecule has 4 aromatic rings. The molecule has 2 aromatic heterocycles. The lowest BCUT2D eigenvalue weighted by Gasteiger charge is -2.12. The summed E-state index contributed by atoms with van der Waals surface area (Å²) in [4.78, 5) is 30.5. The van der Waals surface area contributed by atoms with E-state index >= 15 is 0 Å². The Kier molecular flexibility index (Phi) is 7.03. The second-order valence-electron chi connectivity index (χ2n) is 8.10. The Morgan fingerprint density at radius 2 is 1.89 bits per heavy atom. The van der Waals surface area contributed by atoms with Crippen molar-refractivity contribution in [3.8, 4) is 17.7 Å². The average molecular weight is 465 g/mol. The Hall–Kier alpha value is -4.70. The fourth-order valence-corrected chi connectivity index (χ4v) is 3.65. The number of nitrogens with zero attached hydrogens (tertiary/aromatic N) is 3. The summed E-state index contributed by atoms with van der Waals surface area (Å²) < 4.78 is 7.39. The highest BCUT2D eigenvalue weighted by Gasteiger charge is 2.18. The molecule has 2 heterocycles. The molecule has 35 heavy (non-hydrogen) atoms. The molecule has 174 valence electrons. The molecule has 0 radical (unpaired) electrons. The van der Waals surface area contributed by atoms with Gasteiger partial charge in [0.1, 0.15) is 28.6 Å². The zero-order chi connectivity index (χ0) is 24.8. The SMILES string of the molecule is Cc1ccc(Oc2nc3ccccn3c(=O)c2/C=C(\C#N)C(=O)NCCc2ccccc2)c(C)c1. The van der Waals surface area contributed by atoms with Crippen LogP contribution in [0.4, 0.5) is 0 Å². The predicted octanol–water partition coefficient (Wildman–Crippen LogP) is 4.37. The maximum atomic E-state index is 13.3. The van der Waals surface area contributed by atoms with E-state index in [1.165, 1.54) is 10.5 Å². The monoisotopic (exact) mass is 464 g/mol. The van der Waals surface area contributed by atoms with Crippen molar-refractivity contribution in [2.24, 2.45) is 0 Å². The number of fused-ring (bicyclic) bond motifs is 1. The van der Waals surface area contributed by atoms with Crippen LogP contribution in [-0.2, 0) is 11.2 Å². The van der Waals surface area contributed by atoms with Crippen LogP contribution in [0.3, 0.4) is 0 Å². The molecular formula is C28H24N4O3. The second-order valence-corrected chi connectivity index (χ2v) is 8.10. The average Bonchev–Trinajstić information content (AvgIpc) is 2.86. The molecule has 0 fully saturated rings. The topological polar surface area (TPSA) is 96.5 Å². The second kappa shape index (κ2) is 10.5. The lowest BCUT2D eigenvalue weighted by Crippen LogP contribution is -2.27. The molecule has 0 aliphatic rings. The first kappa shape index (κ1) is 23.5. The van der Waals surface area contributed by atoms with Crippen molar-refractivity contribution in [3.63, 3.8) is 0 Å². The van der Waals surface area contributed by atoms with Crippen LogP contribution in [0.2, 0.25) is 0 Å². The summed E-state index contributed by atoms with van der Waals surface area (Å²) in [5.41, 5.74) is 2.76. The van der Waals surface area contributed by atoms with Gasteiger partial charge >= 0.3 is 0 Å². The van der Waals surface area contributed by atoms with Gasteiger partial charge < -0.3 is 10.1 Å². The third-order valence-electron chi connectivity index (χ3n) is 5.47. The molecule has 0 aliphatic heterocycles. The first-order valence-corrected chi connectivity index (χ1v) is 11.2. The highest BCUT2D eigenvalue weighted by atomic mass is 16.5. The summed E-state index contributed by atoms with van der Waals surface area (Å²) in [6.45, 7) is 4.22. The largest absolute Gasteiger partial charge is 0.438 e. The zero-order valence-corrected chi connectivity index (χ0v) is 19.5. The van der Waals surface area contributed by atoms with Crippen LogP contribution >= 0.6 is 0 Å². The van der Waals surface area contributed by atoms with Gasteiger partial charge in [-0.05, 0) is 55.7 Å². The van der Waals surface area contributed by atoms with Gasteiger partial charge in [-0.15, -0.1) is 0 Å². The molecule has 2 aromatic carbocycles. The molecule has 4 rings (SSSR count). The Morgan fingerprint density at radius 1 is 1.11 bits per heavy atom. The Bertz CT molecular complexity index is 1520. The minimum Gasteiger partial charge on any atom is -0.438 e. The normalized spacial score (nSPS) is 11.2. The molecule has 0 spiro atoms. The summed E-state index contributed by atoms with van der Waals surface area (Å²) >= 11 is 0. The first-order chi connectivity index (χ1) is 17.0. The van der Waals surface area contributed by atoms with Crippen LogP contribution in [-0.4, -0.2) is 21.8 Å². The first-order valence-electron chi connectivity index (χ1n) is 11.2. The van der Waals surface area contributed by atoms with Crippen LogP contribution < -0.4 is 15.6 Å². The summed E-state index contributed by atoms with van der Waals surface area (Å²) in [6, 6.07) is 22.4. The van der Waals surface area contributed by atoms with Crippen molar-refractivity contribution in [2.75, 3.05) is 6.54 Å². The van der Waals surface area contributed by atoms with Crippen LogP contribution in [0.15, 0.2) is 83.3 Å². The van der Waals surface area contributed by atoms with E-state index in [4.69, 9.17) is 4.74 Å². The van der Waals surface area contributed by atoms with E-state index in [1.807, 2.05) is 62.4 Å². The van der Waals surface area contributed by atoms with Crippen LogP contribution in [0.1, 0.15) is 22.3 Å². The van der Waals surface area contributed by atoms with Crippen molar-refractivity contribution in [2.45, 2.75) is 20.3 Å². The van der Waals surface area contributed by atoms with Gasteiger partial charge in [0.05, 0.1) is 0 Å².